The topological polar surface area (TPSA) is 58.0 Å². The lowest BCUT2D eigenvalue weighted by Crippen LogP contribution is -2.28. The Balaban J connectivity index is 1.52. The van der Waals surface area contributed by atoms with Crippen molar-refractivity contribution >= 4 is 16.7 Å². The predicted molar refractivity (Wildman–Crippen MR) is 72.9 cm³/mol. The molecule has 0 aromatic carbocycles. The van der Waals surface area contributed by atoms with Crippen molar-refractivity contribution in [3.63, 3.8) is 0 Å². The predicted octanol–water partition coefficient (Wildman–Crippen LogP) is 2.63. The third-order valence-corrected chi connectivity index (χ3v) is 4.89. The van der Waals surface area contributed by atoms with Crippen LogP contribution in [0.5, 0.6) is 0 Å². The largest absolute Gasteiger partial charge is 0.396 e. The summed E-state index contributed by atoms with van der Waals surface area (Å²) < 4.78 is 4.40. The van der Waals surface area contributed by atoms with Crippen LogP contribution in [0.2, 0.25) is 0 Å². The minimum atomic E-state index is 0.329. The highest BCUT2D eigenvalue weighted by Gasteiger charge is 2.28. The summed E-state index contributed by atoms with van der Waals surface area (Å²) in [5.41, 5.74) is 0. The van der Waals surface area contributed by atoms with E-state index in [0.29, 0.717) is 24.4 Å². The van der Waals surface area contributed by atoms with Gasteiger partial charge in [0, 0.05) is 30.6 Å². The molecule has 0 saturated heterocycles. The van der Waals surface area contributed by atoms with Gasteiger partial charge in [0.05, 0.1) is 0 Å². The van der Waals surface area contributed by atoms with Gasteiger partial charge in [0.1, 0.15) is 5.82 Å². The van der Waals surface area contributed by atoms with E-state index in [9.17, 15) is 5.11 Å². The van der Waals surface area contributed by atoms with E-state index in [1.54, 1.807) is 0 Å². The van der Waals surface area contributed by atoms with Crippen molar-refractivity contribution in [3.8, 4) is 0 Å². The second-order valence-electron chi connectivity index (χ2n) is 5.60. The SMILES string of the molecule is OCC1CCCCC1CNc1nc(C2CC2)ns1. The molecule has 1 aromatic heterocycles. The van der Waals surface area contributed by atoms with Gasteiger partial charge in [-0.3, -0.25) is 0 Å². The number of anilines is 1. The zero-order valence-electron chi connectivity index (χ0n) is 10.6. The second kappa shape index (κ2) is 5.53. The van der Waals surface area contributed by atoms with Gasteiger partial charge < -0.3 is 10.4 Å². The smallest absolute Gasteiger partial charge is 0.202 e. The first kappa shape index (κ1) is 12.4. The molecule has 1 aromatic rings. The molecule has 2 saturated carbocycles. The third kappa shape index (κ3) is 2.83. The van der Waals surface area contributed by atoms with Crippen LogP contribution in [0, 0.1) is 11.8 Å². The molecule has 0 amide bonds. The van der Waals surface area contributed by atoms with Gasteiger partial charge in [0.15, 0.2) is 0 Å². The van der Waals surface area contributed by atoms with Crippen LogP contribution in [0.1, 0.15) is 50.3 Å². The number of rotatable bonds is 5. The van der Waals surface area contributed by atoms with E-state index < -0.39 is 0 Å². The molecule has 2 aliphatic rings. The fourth-order valence-corrected chi connectivity index (χ4v) is 3.48. The standard InChI is InChI=1S/C13H21N3OS/c17-8-11-4-2-1-3-10(11)7-14-13-15-12(16-18-13)9-5-6-9/h9-11,17H,1-8H2,(H,14,15,16). The highest BCUT2D eigenvalue weighted by molar-refractivity contribution is 7.09. The summed E-state index contributed by atoms with van der Waals surface area (Å²) >= 11 is 1.48. The molecule has 5 heteroatoms. The van der Waals surface area contributed by atoms with Crippen LogP contribution < -0.4 is 5.32 Å². The quantitative estimate of drug-likeness (QED) is 0.861. The Morgan fingerprint density at radius 1 is 1.17 bits per heavy atom. The first-order valence-corrected chi connectivity index (χ1v) is 7.82. The maximum absolute atomic E-state index is 9.39. The lowest BCUT2D eigenvalue weighted by Gasteiger charge is -2.30. The maximum Gasteiger partial charge on any atom is 0.202 e. The molecule has 4 nitrogen and oxygen atoms in total. The molecular formula is C13H21N3OS. The van der Waals surface area contributed by atoms with Crippen molar-refractivity contribution in [2.24, 2.45) is 11.8 Å². The van der Waals surface area contributed by atoms with Gasteiger partial charge in [-0.25, -0.2) is 4.98 Å². The molecule has 2 atom stereocenters. The first-order chi connectivity index (χ1) is 8.86. The molecule has 18 heavy (non-hydrogen) atoms. The maximum atomic E-state index is 9.39. The molecule has 0 bridgehead atoms. The van der Waals surface area contributed by atoms with E-state index in [4.69, 9.17) is 0 Å². The first-order valence-electron chi connectivity index (χ1n) is 7.05. The van der Waals surface area contributed by atoms with Crippen LogP contribution in [0.25, 0.3) is 0 Å². The van der Waals surface area contributed by atoms with Gasteiger partial charge >= 0.3 is 0 Å². The van der Waals surface area contributed by atoms with Crippen LogP contribution >= 0.6 is 11.5 Å². The van der Waals surface area contributed by atoms with Gasteiger partial charge in [0.25, 0.3) is 0 Å². The van der Waals surface area contributed by atoms with Crippen LogP contribution in [-0.2, 0) is 0 Å². The van der Waals surface area contributed by atoms with Crippen molar-refractivity contribution in [2.45, 2.75) is 44.4 Å². The number of hydrogen-bond donors (Lipinski definition) is 2. The Bertz CT molecular complexity index is 391. The van der Waals surface area contributed by atoms with Crippen LogP contribution in [0.15, 0.2) is 0 Å². The van der Waals surface area contributed by atoms with Crippen LogP contribution in [-0.4, -0.2) is 27.6 Å². The van der Waals surface area contributed by atoms with Crippen molar-refractivity contribution < 1.29 is 5.11 Å². The monoisotopic (exact) mass is 267 g/mol. The lowest BCUT2D eigenvalue weighted by atomic mass is 9.80. The molecule has 2 N–H and O–H groups in total. The number of hydrogen-bond acceptors (Lipinski definition) is 5. The average molecular weight is 267 g/mol. The Labute approximate surface area is 112 Å². The van der Waals surface area contributed by atoms with Gasteiger partial charge in [-0.05, 0) is 37.5 Å². The molecular weight excluding hydrogens is 246 g/mol. The summed E-state index contributed by atoms with van der Waals surface area (Å²) in [7, 11) is 0. The van der Waals surface area contributed by atoms with Gasteiger partial charge in [-0.1, -0.05) is 12.8 Å². The van der Waals surface area contributed by atoms with E-state index in [1.807, 2.05) is 0 Å². The minimum Gasteiger partial charge on any atom is -0.396 e. The van der Waals surface area contributed by atoms with E-state index in [0.717, 1.165) is 17.5 Å². The van der Waals surface area contributed by atoms with Crippen molar-refractivity contribution in [2.75, 3.05) is 18.5 Å². The Morgan fingerprint density at radius 2 is 1.94 bits per heavy atom. The van der Waals surface area contributed by atoms with Crippen molar-refractivity contribution in [3.05, 3.63) is 5.82 Å². The summed E-state index contributed by atoms with van der Waals surface area (Å²) in [6, 6.07) is 0. The minimum absolute atomic E-state index is 0.329. The second-order valence-corrected chi connectivity index (χ2v) is 6.35. The van der Waals surface area contributed by atoms with Gasteiger partial charge in [-0.2, -0.15) is 4.37 Å². The average Bonchev–Trinajstić information content (AvgIpc) is 3.16. The summed E-state index contributed by atoms with van der Waals surface area (Å²) in [6.45, 7) is 1.26. The lowest BCUT2D eigenvalue weighted by molar-refractivity contribution is 0.141. The number of nitrogens with zero attached hydrogens (tertiary/aromatic N) is 2. The van der Waals surface area contributed by atoms with E-state index in [1.165, 1.54) is 50.1 Å². The summed E-state index contributed by atoms with van der Waals surface area (Å²) in [5, 5.41) is 13.8. The highest BCUT2D eigenvalue weighted by Crippen LogP contribution is 2.39. The van der Waals surface area contributed by atoms with Gasteiger partial charge in [-0.15, -0.1) is 0 Å². The van der Waals surface area contributed by atoms with Gasteiger partial charge in [0.2, 0.25) is 5.13 Å². The van der Waals surface area contributed by atoms with Crippen LogP contribution in [0.3, 0.4) is 0 Å². The van der Waals surface area contributed by atoms with Crippen LogP contribution in [0.4, 0.5) is 5.13 Å². The Hall–Kier alpha value is -0.680. The zero-order valence-corrected chi connectivity index (χ0v) is 11.5. The molecule has 0 radical (unpaired) electrons. The summed E-state index contributed by atoms with van der Waals surface area (Å²) in [4.78, 5) is 4.54. The summed E-state index contributed by atoms with van der Waals surface area (Å²) in [6.07, 6.45) is 7.48. The fraction of sp³-hybridized carbons (Fsp3) is 0.846. The summed E-state index contributed by atoms with van der Waals surface area (Å²) in [5.74, 6) is 2.74. The Kier molecular flexibility index (Phi) is 3.80. The number of nitrogens with one attached hydrogen (secondary N) is 1. The van der Waals surface area contributed by atoms with Crippen molar-refractivity contribution in [1.29, 1.82) is 0 Å². The molecule has 3 rings (SSSR count). The zero-order chi connectivity index (χ0) is 12.4. The fourth-order valence-electron chi connectivity index (χ4n) is 2.83. The molecule has 0 aliphatic heterocycles. The van der Waals surface area contributed by atoms with E-state index in [2.05, 4.69) is 14.7 Å². The number of aromatic nitrogens is 2. The van der Waals surface area contributed by atoms with E-state index >= 15 is 0 Å². The molecule has 2 fully saturated rings. The third-order valence-electron chi connectivity index (χ3n) is 4.20. The van der Waals surface area contributed by atoms with Crippen molar-refractivity contribution in [1.82, 2.24) is 9.36 Å². The molecule has 1 heterocycles. The normalized spacial score (nSPS) is 28.3. The number of aliphatic hydroxyl groups excluding tert-OH is 1. The molecule has 0 spiro atoms. The Morgan fingerprint density at radius 3 is 2.67 bits per heavy atom. The molecule has 2 unspecified atom stereocenters. The van der Waals surface area contributed by atoms with E-state index in [-0.39, 0.29) is 0 Å². The molecule has 100 valence electrons. The molecule has 2 aliphatic carbocycles. The number of aliphatic hydroxyl groups is 1. The highest BCUT2D eigenvalue weighted by atomic mass is 32.1.